The highest BCUT2D eigenvalue weighted by molar-refractivity contribution is 5.90. The summed E-state index contributed by atoms with van der Waals surface area (Å²) in [6.07, 6.45) is 2.12. The second-order valence-electron chi connectivity index (χ2n) is 4.77. The number of hydrogen-bond acceptors (Lipinski definition) is 6. The molecule has 2 aromatic heterocycles. The van der Waals surface area contributed by atoms with Crippen LogP contribution in [-0.2, 0) is 11.2 Å². The van der Waals surface area contributed by atoms with Crippen molar-refractivity contribution in [2.45, 2.75) is 12.8 Å². The number of carbonyl (C=O) groups is 1. The Bertz CT molecular complexity index is 780. The Morgan fingerprint density at radius 2 is 2.22 bits per heavy atom. The first-order valence-corrected chi connectivity index (χ1v) is 7.05. The van der Waals surface area contributed by atoms with Crippen molar-refractivity contribution in [3.63, 3.8) is 0 Å². The molecule has 0 fully saturated rings. The van der Waals surface area contributed by atoms with E-state index in [1.54, 1.807) is 31.4 Å². The third-order valence-electron chi connectivity index (χ3n) is 3.13. The number of methoxy groups -OCH3 is 1. The van der Waals surface area contributed by atoms with Crippen LogP contribution in [0.5, 0.6) is 5.75 Å². The lowest BCUT2D eigenvalue weighted by Crippen LogP contribution is -2.12. The van der Waals surface area contributed by atoms with E-state index in [9.17, 15) is 4.79 Å². The highest BCUT2D eigenvalue weighted by Gasteiger charge is 2.12. The van der Waals surface area contributed by atoms with Gasteiger partial charge in [-0.25, -0.2) is 0 Å². The number of hydrogen-bond donors (Lipinski definition) is 1. The normalized spacial score (nSPS) is 10.5. The largest absolute Gasteiger partial charge is 0.497 e. The van der Waals surface area contributed by atoms with Crippen molar-refractivity contribution in [2.24, 2.45) is 0 Å². The Morgan fingerprint density at radius 3 is 3.00 bits per heavy atom. The average Bonchev–Trinajstić information content (AvgIpc) is 3.24. The van der Waals surface area contributed by atoms with E-state index in [4.69, 9.17) is 13.7 Å². The summed E-state index contributed by atoms with van der Waals surface area (Å²) in [5, 5.41) is 6.61. The number of aromatic nitrogens is 2. The third-order valence-corrected chi connectivity index (χ3v) is 3.13. The molecule has 2 heterocycles. The minimum Gasteiger partial charge on any atom is -0.497 e. The van der Waals surface area contributed by atoms with Gasteiger partial charge in [-0.05, 0) is 24.3 Å². The number of nitrogens with zero attached hydrogens (tertiary/aromatic N) is 2. The molecule has 0 unspecified atom stereocenters. The molecule has 7 nitrogen and oxygen atoms in total. The predicted molar refractivity (Wildman–Crippen MR) is 81.9 cm³/mol. The number of furan rings is 1. The first kappa shape index (κ1) is 14.8. The van der Waals surface area contributed by atoms with E-state index in [0.29, 0.717) is 35.3 Å². The molecule has 0 aliphatic carbocycles. The summed E-state index contributed by atoms with van der Waals surface area (Å²) >= 11 is 0. The predicted octanol–water partition coefficient (Wildman–Crippen LogP) is 2.91. The monoisotopic (exact) mass is 313 g/mol. The van der Waals surface area contributed by atoms with Crippen molar-refractivity contribution in [2.75, 3.05) is 12.4 Å². The van der Waals surface area contributed by atoms with Crippen molar-refractivity contribution in [1.82, 2.24) is 10.1 Å². The van der Waals surface area contributed by atoms with Gasteiger partial charge in [-0.3, -0.25) is 4.79 Å². The zero-order valence-electron chi connectivity index (χ0n) is 12.5. The number of anilines is 1. The van der Waals surface area contributed by atoms with Gasteiger partial charge in [-0.15, -0.1) is 0 Å². The number of amides is 1. The molecule has 3 aromatic rings. The minimum atomic E-state index is -0.143. The fraction of sp³-hybridized carbons (Fsp3) is 0.188. The van der Waals surface area contributed by atoms with Gasteiger partial charge in [0, 0.05) is 24.6 Å². The summed E-state index contributed by atoms with van der Waals surface area (Å²) < 4.78 is 15.4. The maximum Gasteiger partial charge on any atom is 0.238 e. The number of carbonyl (C=O) groups excluding carboxylic acids is 1. The maximum atomic E-state index is 12.0. The number of aryl methyl sites for hydroxylation is 1. The zero-order valence-corrected chi connectivity index (χ0v) is 12.5. The van der Waals surface area contributed by atoms with E-state index in [-0.39, 0.29) is 12.3 Å². The zero-order chi connectivity index (χ0) is 16.1. The van der Waals surface area contributed by atoms with Gasteiger partial charge in [0.15, 0.2) is 5.76 Å². The third kappa shape index (κ3) is 3.76. The maximum absolute atomic E-state index is 12.0. The van der Waals surface area contributed by atoms with Gasteiger partial charge >= 0.3 is 0 Å². The molecule has 0 radical (unpaired) electrons. The summed E-state index contributed by atoms with van der Waals surface area (Å²) in [5.74, 6) is 1.83. The van der Waals surface area contributed by atoms with Crippen LogP contribution in [0.4, 0.5) is 5.69 Å². The highest BCUT2D eigenvalue weighted by atomic mass is 16.5. The topological polar surface area (TPSA) is 90.4 Å². The lowest BCUT2D eigenvalue weighted by atomic mass is 10.2. The Kier molecular flexibility index (Phi) is 4.37. The van der Waals surface area contributed by atoms with E-state index in [0.717, 1.165) is 0 Å². The molecule has 1 amide bonds. The number of nitrogens with one attached hydrogen (secondary N) is 1. The van der Waals surface area contributed by atoms with Crippen molar-refractivity contribution in [3.8, 4) is 17.3 Å². The molecule has 0 atom stereocenters. The van der Waals surface area contributed by atoms with E-state index < -0.39 is 0 Å². The van der Waals surface area contributed by atoms with Crippen molar-refractivity contribution < 1.29 is 18.5 Å². The molecule has 3 rings (SSSR count). The highest BCUT2D eigenvalue weighted by Crippen LogP contribution is 2.18. The number of rotatable bonds is 6. The summed E-state index contributed by atoms with van der Waals surface area (Å²) in [5.41, 5.74) is 0.677. The second-order valence-corrected chi connectivity index (χ2v) is 4.77. The average molecular weight is 313 g/mol. The molecule has 1 N–H and O–H groups in total. The Hall–Kier alpha value is -3.09. The standard InChI is InChI=1S/C16H15N3O4/c1-21-12-5-2-4-11(10-12)17-14(20)7-8-15-18-16(19-23-15)13-6-3-9-22-13/h2-6,9-10H,7-8H2,1H3,(H,17,20). The van der Waals surface area contributed by atoms with Gasteiger partial charge in [-0.2, -0.15) is 4.98 Å². The van der Waals surface area contributed by atoms with Crippen LogP contribution in [0.3, 0.4) is 0 Å². The van der Waals surface area contributed by atoms with Gasteiger partial charge in [0.1, 0.15) is 5.75 Å². The summed E-state index contributed by atoms with van der Waals surface area (Å²) in [4.78, 5) is 16.1. The molecule has 7 heteroatoms. The number of benzene rings is 1. The van der Waals surface area contributed by atoms with E-state index in [1.165, 1.54) is 6.26 Å². The molecular formula is C16H15N3O4. The second kappa shape index (κ2) is 6.78. The summed E-state index contributed by atoms with van der Waals surface area (Å²) in [6.45, 7) is 0. The first-order valence-electron chi connectivity index (χ1n) is 7.05. The lowest BCUT2D eigenvalue weighted by molar-refractivity contribution is -0.116. The first-order chi connectivity index (χ1) is 11.2. The lowest BCUT2D eigenvalue weighted by Gasteiger charge is -2.06. The minimum absolute atomic E-state index is 0.143. The molecule has 0 saturated carbocycles. The molecule has 0 bridgehead atoms. The number of ether oxygens (including phenoxy) is 1. The summed E-state index contributed by atoms with van der Waals surface area (Å²) in [6, 6.07) is 10.6. The molecule has 0 aliphatic heterocycles. The van der Waals surface area contributed by atoms with E-state index in [2.05, 4.69) is 15.5 Å². The Balaban J connectivity index is 1.54. The van der Waals surface area contributed by atoms with Crippen molar-refractivity contribution in [1.29, 1.82) is 0 Å². The van der Waals surface area contributed by atoms with Crippen molar-refractivity contribution in [3.05, 3.63) is 48.6 Å². The van der Waals surface area contributed by atoms with Crippen LogP contribution in [0, 0.1) is 0 Å². The molecule has 1 aromatic carbocycles. The van der Waals surface area contributed by atoms with E-state index in [1.807, 2.05) is 12.1 Å². The van der Waals surface area contributed by atoms with Gasteiger partial charge in [0.2, 0.25) is 17.6 Å². The fourth-order valence-corrected chi connectivity index (χ4v) is 2.01. The van der Waals surface area contributed by atoms with Crippen LogP contribution in [-0.4, -0.2) is 23.2 Å². The molecule has 23 heavy (non-hydrogen) atoms. The van der Waals surface area contributed by atoms with Crippen LogP contribution in [0.15, 0.2) is 51.6 Å². The van der Waals surface area contributed by atoms with Gasteiger partial charge in [-0.1, -0.05) is 11.2 Å². The quantitative estimate of drug-likeness (QED) is 0.752. The SMILES string of the molecule is COc1cccc(NC(=O)CCc2nc(-c3ccco3)no2)c1. The van der Waals surface area contributed by atoms with Crippen LogP contribution in [0.25, 0.3) is 11.6 Å². The Morgan fingerprint density at radius 1 is 1.30 bits per heavy atom. The van der Waals surface area contributed by atoms with Gasteiger partial charge in [0.25, 0.3) is 0 Å². The van der Waals surface area contributed by atoms with Crippen LogP contribution >= 0.6 is 0 Å². The summed E-state index contributed by atoms with van der Waals surface area (Å²) in [7, 11) is 1.58. The molecule has 0 aliphatic rings. The Labute approximate surface area is 132 Å². The van der Waals surface area contributed by atoms with E-state index >= 15 is 0 Å². The van der Waals surface area contributed by atoms with Gasteiger partial charge < -0.3 is 19.0 Å². The molecule has 0 saturated heterocycles. The fourth-order valence-electron chi connectivity index (χ4n) is 2.01. The smallest absolute Gasteiger partial charge is 0.238 e. The van der Waals surface area contributed by atoms with Crippen molar-refractivity contribution >= 4 is 11.6 Å². The van der Waals surface area contributed by atoms with Crippen LogP contribution in [0.1, 0.15) is 12.3 Å². The van der Waals surface area contributed by atoms with Crippen LogP contribution in [0.2, 0.25) is 0 Å². The molecular weight excluding hydrogens is 298 g/mol. The molecule has 0 spiro atoms. The molecule has 118 valence electrons. The van der Waals surface area contributed by atoms with Crippen LogP contribution < -0.4 is 10.1 Å². The van der Waals surface area contributed by atoms with Gasteiger partial charge in [0.05, 0.1) is 13.4 Å².